The number of nitrogens with one attached hydrogen (secondary N) is 1. The topological polar surface area (TPSA) is 58.1 Å². The fraction of sp³-hybridized carbons (Fsp3) is 0.267. The Hall–Kier alpha value is -2.14. The second kappa shape index (κ2) is 6.10. The third kappa shape index (κ3) is 3.31. The lowest BCUT2D eigenvalue weighted by molar-refractivity contribution is 0.0786. The first kappa shape index (κ1) is 13.8. The van der Waals surface area contributed by atoms with Gasteiger partial charge in [-0.15, -0.1) is 0 Å². The van der Waals surface area contributed by atoms with Gasteiger partial charge in [-0.1, -0.05) is 17.7 Å². The number of anilines is 2. The molecule has 0 radical (unpaired) electrons. The van der Waals surface area contributed by atoms with E-state index in [0.717, 1.165) is 31.6 Å². The van der Waals surface area contributed by atoms with Crippen molar-refractivity contribution in [1.29, 1.82) is 0 Å². The minimum absolute atomic E-state index is 0.0469. The molecule has 1 aromatic carbocycles. The molecule has 1 saturated heterocycles. The molecule has 0 unspecified atom stereocenters. The van der Waals surface area contributed by atoms with Crippen LogP contribution >= 0.6 is 11.6 Å². The van der Waals surface area contributed by atoms with Crippen LogP contribution in [0, 0.1) is 0 Å². The normalized spacial score (nSPS) is 14.2. The number of aromatic nitrogens is 2. The highest BCUT2D eigenvalue weighted by molar-refractivity contribution is 6.30. The summed E-state index contributed by atoms with van der Waals surface area (Å²) in [6.45, 7) is 1.62. The van der Waals surface area contributed by atoms with Gasteiger partial charge < -0.3 is 10.2 Å². The lowest BCUT2D eigenvalue weighted by Crippen LogP contribution is -2.28. The van der Waals surface area contributed by atoms with E-state index in [1.165, 1.54) is 6.20 Å². The maximum Gasteiger partial charge on any atom is 0.274 e. The monoisotopic (exact) mass is 302 g/mol. The number of halogens is 1. The number of carbonyl (C=O) groups is 1. The SMILES string of the molecule is O=C(c1cnc(Nc2cccc(Cl)c2)cn1)N1CCCC1. The Labute approximate surface area is 128 Å². The van der Waals surface area contributed by atoms with E-state index >= 15 is 0 Å². The van der Waals surface area contributed by atoms with E-state index in [-0.39, 0.29) is 5.91 Å². The minimum atomic E-state index is -0.0469. The quantitative estimate of drug-likeness (QED) is 0.946. The molecule has 2 aromatic rings. The summed E-state index contributed by atoms with van der Waals surface area (Å²) in [5.74, 6) is 0.532. The van der Waals surface area contributed by atoms with E-state index in [1.54, 1.807) is 18.3 Å². The van der Waals surface area contributed by atoms with Gasteiger partial charge >= 0.3 is 0 Å². The Kier molecular flexibility index (Phi) is 4.01. The van der Waals surface area contributed by atoms with E-state index in [0.29, 0.717) is 16.5 Å². The van der Waals surface area contributed by atoms with Gasteiger partial charge in [-0.05, 0) is 31.0 Å². The predicted molar refractivity (Wildman–Crippen MR) is 81.9 cm³/mol. The molecule has 1 aliphatic heterocycles. The van der Waals surface area contributed by atoms with Gasteiger partial charge in [-0.25, -0.2) is 9.97 Å². The predicted octanol–water partition coefficient (Wildman–Crippen LogP) is 3.11. The maximum atomic E-state index is 12.1. The van der Waals surface area contributed by atoms with Crippen LogP contribution in [-0.4, -0.2) is 33.9 Å². The second-order valence-electron chi connectivity index (χ2n) is 4.92. The summed E-state index contributed by atoms with van der Waals surface area (Å²) in [6, 6.07) is 7.34. The number of likely N-dealkylation sites (tertiary alicyclic amines) is 1. The summed E-state index contributed by atoms with van der Waals surface area (Å²) in [5, 5.41) is 3.74. The van der Waals surface area contributed by atoms with Gasteiger partial charge in [0, 0.05) is 23.8 Å². The summed E-state index contributed by atoms with van der Waals surface area (Å²) < 4.78 is 0. The Morgan fingerprint density at radius 3 is 2.67 bits per heavy atom. The van der Waals surface area contributed by atoms with Gasteiger partial charge in [-0.3, -0.25) is 4.79 Å². The zero-order valence-electron chi connectivity index (χ0n) is 11.4. The fourth-order valence-electron chi connectivity index (χ4n) is 2.30. The molecule has 2 heterocycles. The highest BCUT2D eigenvalue weighted by atomic mass is 35.5. The van der Waals surface area contributed by atoms with Crippen molar-refractivity contribution in [3.8, 4) is 0 Å². The summed E-state index contributed by atoms with van der Waals surface area (Å²) in [7, 11) is 0. The van der Waals surface area contributed by atoms with Gasteiger partial charge in [0.2, 0.25) is 0 Å². The first-order valence-electron chi connectivity index (χ1n) is 6.86. The zero-order chi connectivity index (χ0) is 14.7. The molecule has 0 atom stereocenters. The lowest BCUT2D eigenvalue weighted by Gasteiger charge is -2.14. The smallest absolute Gasteiger partial charge is 0.274 e. The molecule has 1 aliphatic rings. The molecule has 0 spiro atoms. The number of hydrogen-bond acceptors (Lipinski definition) is 4. The Balaban J connectivity index is 1.70. The third-order valence-electron chi connectivity index (χ3n) is 3.36. The molecule has 1 N–H and O–H groups in total. The van der Waals surface area contributed by atoms with Crippen LogP contribution in [-0.2, 0) is 0 Å². The van der Waals surface area contributed by atoms with Crippen LogP contribution in [0.4, 0.5) is 11.5 Å². The summed E-state index contributed by atoms with van der Waals surface area (Å²) in [5.41, 5.74) is 1.21. The van der Waals surface area contributed by atoms with Crippen molar-refractivity contribution in [2.24, 2.45) is 0 Å². The Bertz CT molecular complexity index is 638. The van der Waals surface area contributed by atoms with Crippen molar-refractivity contribution in [2.45, 2.75) is 12.8 Å². The first-order chi connectivity index (χ1) is 10.2. The van der Waals surface area contributed by atoms with E-state index in [9.17, 15) is 4.79 Å². The van der Waals surface area contributed by atoms with E-state index < -0.39 is 0 Å². The number of nitrogens with zero attached hydrogens (tertiary/aromatic N) is 3. The average Bonchev–Trinajstić information content (AvgIpc) is 3.01. The first-order valence-corrected chi connectivity index (χ1v) is 7.24. The van der Waals surface area contributed by atoms with Crippen molar-refractivity contribution in [3.05, 3.63) is 47.4 Å². The molecule has 0 saturated carbocycles. The molecule has 0 aliphatic carbocycles. The molecule has 1 fully saturated rings. The van der Waals surface area contributed by atoms with Crippen LogP contribution in [0.2, 0.25) is 5.02 Å². The molecular weight excluding hydrogens is 288 g/mol. The van der Waals surface area contributed by atoms with Crippen LogP contribution in [0.5, 0.6) is 0 Å². The molecule has 5 nitrogen and oxygen atoms in total. The molecule has 3 rings (SSSR count). The number of benzene rings is 1. The highest BCUT2D eigenvalue weighted by Crippen LogP contribution is 2.18. The van der Waals surface area contributed by atoms with Crippen LogP contribution < -0.4 is 5.32 Å². The average molecular weight is 303 g/mol. The lowest BCUT2D eigenvalue weighted by atomic mass is 10.3. The van der Waals surface area contributed by atoms with Gasteiger partial charge in [0.05, 0.1) is 12.4 Å². The van der Waals surface area contributed by atoms with Crippen molar-refractivity contribution < 1.29 is 4.79 Å². The van der Waals surface area contributed by atoms with Gasteiger partial charge in [-0.2, -0.15) is 0 Å². The molecule has 6 heteroatoms. The minimum Gasteiger partial charge on any atom is -0.339 e. The molecule has 0 bridgehead atoms. The van der Waals surface area contributed by atoms with Gasteiger partial charge in [0.15, 0.2) is 0 Å². The van der Waals surface area contributed by atoms with Crippen molar-refractivity contribution in [1.82, 2.24) is 14.9 Å². The zero-order valence-corrected chi connectivity index (χ0v) is 12.2. The molecule has 21 heavy (non-hydrogen) atoms. The molecule has 1 aromatic heterocycles. The van der Waals surface area contributed by atoms with Gasteiger partial charge in [0.25, 0.3) is 5.91 Å². The number of hydrogen-bond donors (Lipinski definition) is 1. The standard InChI is InChI=1S/C15H15ClN4O/c16-11-4-3-5-12(8-11)19-14-10-17-13(9-18-14)15(21)20-6-1-2-7-20/h3-5,8-10H,1-2,6-7H2,(H,18,19). The van der Waals surface area contributed by atoms with E-state index in [1.807, 2.05) is 17.0 Å². The second-order valence-corrected chi connectivity index (χ2v) is 5.36. The van der Waals surface area contributed by atoms with Crippen LogP contribution in [0.1, 0.15) is 23.3 Å². The molecule has 108 valence electrons. The summed E-state index contributed by atoms with van der Waals surface area (Å²) in [6.07, 6.45) is 5.19. The largest absolute Gasteiger partial charge is 0.339 e. The number of rotatable bonds is 3. The summed E-state index contributed by atoms with van der Waals surface area (Å²) >= 11 is 5.92. The van der Waals surface area contributed by atoms with E-state index in [4.69, 9.17) is 11.6 Å². The third-order valence-corrected chi connectivity index (χ3v) is 3.60. The number of amides is 1. The maximum absolute atomic E-state index is 12.1. The van der Waals surface area contributed by atoms with Crippen LogP contribution in [0.15, 0.2) is 36.7 Å². The highest BCUT2D eigenvalue weighted by Gasteiger charge is 2.20. The van der Waals surface area contributed by atoms with Crippen molar-refractivity contribution in [2.75, 3.05) is 18.4 Å². The van der Waals surface area contributed by atoms with Crippen LogP contribution in [0.3, 0.4) is 0 Å². The molecule has 1 amide bonds. The Morgan fingerprint density at radius 2 is 2.00 bits per heavy atom. The summed E-state index contributed by atoms with van der Waals surface area (Å²) in [4.78, 5) is 22.4. The van der Waals surface area contributed by atoms with Crippen molar-refractivity contribution >= 4 is 29.0 Å². The van der Waals surface area contributed by atoms with Crippen molar-refractivity contribution in [3.63, 3.8) is 0 Å². The van der Waals surface area contributed by atoms with Crippen LogP contribution in [0.25, 0.3) is 0 Å². The fourth-order valence-corrected chi connectivity index (χ4v) is 2.49. The molecular formula is C15H15ClN4O. The number of carbonyl (C=O) groups excluding carboxylic acids is 1. The Morgan fingerprint density at radius 1 is 1.19 bits per heavy atom. The van der Waals surface area contributed by atoms with E-state index in [2.05, 4.69) is 15.3 Å². The van der Waals surface area contributed by atoms with Gasteiger partial charge in [0.1, 0.15) is 11.5 Å².